The van der Waals surface area contributed by atoms with E-state index in [1.807, 2.05) is 11.9 Å². The molecule has 0 bridgehead atoms. The summed E-state index contributed by atoms with van der Waals surface area (Å²) in [7, 11) is 3.55. The first-order valence-corrected chi connectivity index (χ1v) is 13.3. The number of aliphatic imine (C=N–C) groups is 1. The maximum Gasteiger partial charge on any atom is 0.329 e. The number of carboxylic acids is 1. The van der Waals surface area contributed by atoms with Crippen LogP contribution in [0, 0.1) is 17.0 Å². The Labute approximate surface area is 240 Å². The molecule has 5 N–H and O–H groups in total. The molecule has 1 fully saturated rings. The van der Waals surface area contributed by atoms with E-state index < -0.39 is 34.8 Å². The van der Waals surface area contributed by atoms with Crippen LogP contribution in [-0.2, 0) is 4.79 Å². The van der Waals surface area contributed by atoms with Crippen molar-refractivity contribution in [3.05, 3.63) is 65.4 Å². The summed E-state index contributed by atoms with van der Waals surface area (Å²) in [5.41, 5.74) is 5.64. The fraction of sp³-hybridized carbons (Fsp3) is 0.310. The standard InChI is InChI=1S/C29H30F2N6O5/c1-36-12-11-34-26(36)18-14-17(37(2)29(28(39)40)9-3-4-10-29)6-8-21(18)41-24-19(30)15-35-27(23(24)31)42-22-13-16(25(32)33)5-7-20(22)38/h5-8,13-15,38H,3-4,9-12H2,1-2H3,(H3,32,33)(H,39,40). The normalized spacial score (nSPS) is 15.8. The number of halogens is 2. The molecular weight excluding hydrogens is 550 g/mol. The van der Waals surface area contributed by atoms with Crippen molar-refractivity contribution in [3.63, 3.8) is 0 Å². The molecule has 2 aromatic carbocycles. The second-order valence-electron chi connectivity index (χ2n) is 10.3. The summed E-state index contributed by atoms with van der Waals surface area (Å²) in [6.45, 7) is 1.12. The molecule has 0 spiro atoms. The van der Waals surface area contributed by atoms with E-state index in [9.17, 15) is 19.4 Å². The minimum atomic E-state index is -1.27. The van der Waals surface area contributed by atoms with E-state index in [0.717, 1.165) is 19.0 Å². The second-order valence-corrected chi connectivity index (χ2v) is 10.3. The van der Waals surface area contributed by atoms with Crippen molar-refractivity contribution >= 4 is 23.3 Å². The number of hydrogen-bond acceptors (Lipinski definition) is 9. The lowest BCUT2D eigenvalue weighted by molar-refractivity contribution is -0.143. The average Bonchev–Trinajstić information content (AvgIpc) is 3.63. The van der Waals surface area contributed by atoms with Crippen LogP contribution in [0.1, 0.15) is 36.8 Å². The van der Waals surface area contributed by atoms with Crippen molar-refractivity contribution in [2.45, 2.75) is 31.2 Å². The molecule has 2 aliphatic rings. The lowest BCUT2D eigenvalue weighted by Gasteiger charge is -2.37. The number of carboxylic acid groups (broad SMARTS) is 1. The minimum Gasteiger partial charge on any atom is -0.504 e. The number of carbonyl (C=O) groups is 1. The first kappa shape index (κ1) is 28.6. The first-order chi connectivity index (χ1) is 20.0. The minimum absolute atomic E-state index is 0.0758. The zero-order valence-electron chi connectivity index (χ0n) is 23.0. The number of pyridine rings is 1. The molecule has 42 heavy (non-hydrogen) atoms. The molecule has 0 amide bonds. The number of benzene rings is 2. The summed E-state index contributed by atoms with van der Waals surface area (Å²) in [6.07, 6.45) is 3.30. The average molecular weight is 581 g/mol. The van der Waals surface area contributed by atoms with Crippen molar-refractivity contribution < 1.29 is 33.3 Å². The van der Waals surface area contributed by atoms with Crippen molar-refractivity contribution in [1.82, 2.24) is 9.88 Å². The molecule has 5 rings (SSSR count). The van der Waals surface area contributed by atoms with E-state index in [-0.39, 0.29) is 28.6 Å². The molecule has 1 aliphatic heterocycles. The van der Waals surface area contributed by atoms with Gasteiger partial charge in [-0.2, -0.15) is 4.39 Å². The highest BCUT2D eigenvalue weighted by Crippen LogP contribution is 2.41. The number of nitrogens with one attached hydrogen (secondary N) is 1. The molecule has 2 heterocycles. The number of phenols is 1. The van der Waals surface area contributed by atoms with Gasteiger partial charge in [0, 0.05) is 31.9 Å². The van der Waals surface area contributed by atoms with Crippen LogP contribution < -0.4 is 20.1 Å². The quantitative estimate of drug-likeness (QED) is 0.212. The van der Waals surface area contributed by atoms with Gasteiger partial charge in [0.2, 0.25) is 11.6 Å². The van der Waals surface area contributed by atoms with Gasteiger partial charge in [0.25, 0.3) is 5.88 Å². The number of rotatable bonds is 9. The number of aromatic nitrogens is 1. The maximum absolute atomic E-state index is 15.6. The van der Waals surface area contributed by atoms with Gasteiger partial charge in [-0.05, 0) is 49.2 Å². The van der Waals surface area contributed by atoms with E-state index in [1.165, 1.54) is 24.3 Å². The fourth-order valence-electron chi connectivity index (χ4n) is 5.29. The number of phenolic OH excluding ortho intramolecular Hbond substituents is 1. The van der Waals surface area contributed by atoms with Crippen molar-refractivity contribution in [3.8, 4) is 28.9 Å². The van der Waals surface area contributed by atoms with Gasteiger partial charge < -0.3 is 35.2 Å². The smallest absolute Gasteiger partial charge is 0.329 e. The van der Waals surface area contributed by atoms with E-state index in [2.05, 4.69) is 9.98 Å². The SMILES string of the molecule is CN1CCN=C1c1cc(N(C)C2(C(=O)O)CCCC2)ccc1Oc1c(F)cnc(Oc2cc(C(=N)N)ccc2O)c1F. The van der Waals surface area contributed by atoms with Crippen LogP contribution in [0.2, 0.25) is 0 Å². The monoisotopic (exact) mass is 580 g/mol. The van der Waals surface area contributed by atoms with Crippen molar-refractivity contribution in [1.29, 1.82) is 5.41 Å². The number of hydrogen-bond donors (Lipinski definition) is 4. The Bertz CT molecular complexity index is 1590. The number of ether oxygens (including phenoxy) is 2. The summed E-state index contributed by atoms with van der Waals surface area (Å²) in [5.74, 6) is -5.10. The van der Waals surface area contributed by atoms with Gasteiger partial charge in [-0.3, -0.25) is 10.4 Å². The van der Waals surface area contributed by atoms with E-state index in [1.54, 1.807) is 24.1 Å². The molecule has 13 heteroatoms. The van der Waals surface area contributed by atoms with Gasteiger partial charge in [-0.15, -0.1) is 0 Å². The number of amidine groups is 2. The lowest BCUT2D eigenvalue weighted by Crippen LogP contribution is -2.51. The van der Waals surface area contributed by atoms with Crippen molar-refractivity contribution in [2.75, 3.05) is 32.1 Å². The van der Waals surface area contributed by atoms with Crippen LogP contribution >= 0.6 is 0 Å². The highest BCUT2D eigenvalue weighted by atomic mass is 19.1. The van der Waals surface area contributed by atoms with Gasteiger partial charge in [-0.25, -0.2) is 14.2 Å². The molecule has 1 aliphatic carbocycles. The van der Waals surface area contributed by atoms with Crippen LogP contribution in [0.3, 0.4) is 0 Å². The molecule has 0 unspecified atom stereocenters. The van der Waals surface area contributed by atoms with Crippen LogP contribution in [-0.4, -0.2) is 70.5 Å². The Kier molecular flexibility index (Phi) is 7.59. The summed E-state index contributed by atoms with van der Waals surface area (Å²) in [4.78, 5) is 24.1. The Morgan fingerprint density at radius 3 is 2.52 bits per heavy atom. The first-order valence-electron chi connectivity index (χ1n) is 13.3. The topological polar surface area (TPSA) is 158 Å². The Balaban J connectivity index is 1.53. The molecule has 11 nitrogen and oxygen atoms in total. The van der Waals surface area contributed by atoms with Gasteiger partial charge in [0.05, 0.1) is 18.3 Å². The third-order valence-corrected chi connectivity index (χ3v) is 7.71. The lowest BCUT2D eigenvalue weighted by atomic mass is 9.94. The number of likely N-dealkylation sites (N-methyl/N-ethyl adjacent to an activating group) is 2. The molecule has 0 radical (unpaired) electrons. The fourth-order valence-corrected chi connectivity index (χ4v) is 5.29. The summed E-state index contributed by atoms with van der Waals surface area (Å²) >= 11 is 0. The number of aliphatic carboxylic acids is 1. The van der Waals surface area contributed by atoms with Crippen LogP contribution in [0.25, 0.3) is 0 Å². The van der Waals surface area contributed by atoms with Crippen LogP contribution in [0.15, 0.2) is 47.6 Å². The van der Waals surface area contributed by atoms with Crippen LogP contribution in [0.4, 0.5) is 14.5 Å². The summed E-state index contributed by atoms with van der Waals surface area (Å²) in [5, 5.41) is 27.8. The number of anilines is 1. The molecule has 3 aromatic rings. The predicted octanol–water partition coefficient (Wildman–Crippen LogP) is 4.46. The van der Waals surface area contributed by atoms with E-state index in [0.29, 0.717) is 43.0 Å². The number of nitrogens with zero attached hydrogens (tertiary/aromatic N) is 4. The van der Waals surface area contributed by atoms with E-state index >= 15 is 4.39 Å². The highest BCUT2D eigenvalue weighted by molar-refractivity contribution is 6.03. The highest BCUT2D eigenvalue weighted by Gasteiger charge is 2.45. The summed E-state index contributed by atoms with van der Waals surface area (Å²) < 4.78 is 41.8. The Morgan fingerprint density at radius 2 is 1.88 bits per heavy atom. The van der Waals surface area contributed by atoms with Crippen molar-refractivity contribution in [2.24, 2.45) is 10.7 Å². The molecular formula is C29H30F2N6O5. The molecule has 220 valence electrons. The van der Waals surface area contributed by atoms with Crippen LogP contribution in [0.5, 0.6) is 28.9 Å². The van der Waals surface area contributed by atoms with E-state index in [4.69, 9.17) is 20.6 Å². The maximum atomic E-state index is 15.6. The largest absolute Gasteiger partial charge is 0.504 e. The zero-order chi connectivity index (χ0) is 30.2. The third-order valence-electron chi connectivity index (χ3n) is 7.71. The van der Waals surface area contributed by atoms with Gasteiger partial charge in [0.1, 0.15) is 23.0 Å². The summed E-state index contributed by atoms with van der Waals surface area (Å²) in [6, 6.07) is 8.68. The molecule has 1 saturated carbocycles. The zero-order valence-corrected chi connectivity index (χ0v) is 23.0. The van der Waals surface area contributed by atoms with Gasteiger partial charge in [-0.1, -0.05) is 12.8 Å². The molecule has 1 aromatic heterocycles. The molecule has 0 saturated heterocycles. The predicted molar refractivity (Wildman–Crippen MR) is 151 cm³/mol. The number of aromatic hydroxyl groups is 1. The Hall–Kier alpha value is -4.94. The second kappa shape index (κ2) is 11.1. The Morgan fingerprint density at radius 1 is 1.14 bits per heavy atom. The molecule has 0 atom stereocenters. The van der Waals surface area contributed by atoms with Gasteiger partial charge >= 0.3 is 5.97 Å². The van der Waals surface area contributed by atoms with Gasteiger partial charge in [0.15, 0.2) is 17.3 Å². The number of nitrogens with two attached hydrogens (primary N) is 1. The number of nitrogen functional groups attached to an aromatic ring is 1. The third kappa shape index (κ3) is 5.13.